The van der Waals surface area contributed by atoms with E-state index in [0.717, 1.165) is 21.8 Å². The lowest BCUT2D eigenvalue weighted by atomic mass is 10.1. The third-order valence-electron chi connectivity index (χ3n) is 3.15. The molecule has 3 aromatic rings. The zero-order valence-electron chi connectivity index (χ0n) is 9.27. The first-order chi connectivity index (χ1) is 7.70. The lowest BCUT2D eigenvalue weighted by Crippen LogP contribution is -2.19. The van der Waals surface area contributed by atoms with E-state index in [-0.39, 0.29) is 5.69 Å². The van der Waals surface area contributed by atoms with Crippen molar-refractivity contribution < 1.29 is 0 Å². The highest BCUT2D eigenvalue weighted by atomic mass is 16.1. The molecule has 0 aliphatic heterocycles. The van der Waals surface area contributed by atoms with Gasteiger partial charge in [-0.25, -0.2) is 4.79 Å². The predicted molar refractivity (Wildman–Crippen MR) is 65.7 cm³/mol. The summed E-state index contributed by atoms with van der Waals surface area (Å²) in [6, 6.07) is 12.2. The van der Waals surface area contributed by atoms with E-state index in [0.29, 0.717) is 0 Å². The van der Waals surface area contributed by atoms with Crippen molar-refractivity contribution in [3.8, 4) is 0 Å². The molecule has 2 aromatic carbocycles. The first-order valence-electron chi connectivity index (χ1n) is 5.23. The Hall–Kier alpha value is -2.03. The normalized spacial score (nSPS) is 11.4. The van der Waals surface area contributed by atoms with Gasteiger partial charge in [-0.2, -0.15) is 0 Å². The average Bonchev–Trinajstić information content (AvgIpc) is 2.55. The van der Waals surface area contributed by atoms with Crippen LogP contribution in [-0.4, -0.2) is 9.13 Å². The van der Waals surface area contributed by atoms with Crippen molar-refractivity contribution in [2.45, 2.75) is 0 Å². The van der Waals surface area contributed by atoms with E-state index in [2.05, 4.69) is 18.2 Å². The van der Waals surface area contributed by atoms with Crippen molar-refractivity contribution >= 4 is 21.8 Å². The second-order valence-corrected chi connectivity index (χ2v) is 4.06. The second kappa shape index (κ2) is 2.98. The summed E-state index contributed by atoms with van der Waals surface area (Å²) >= 11 is 0. The molecule has 16 heavy (non-hydrogen) atoms. The molecular formula is C13H12N2O. The number of nitrogens with zero attached hydrogens (tertiary/aromatic N) is 2. The minimum Gasteiger partial charge on any atom is -0.295 e. The van der Waals surface area contributed by atoms with Crippen LogP contribution in [0.25, 0.3) is 21.8 Å². The van der Waals surface area contributed by atoms with Gasteiger partial charge in [-0.05, 0) is 11.5 Å². The summed E-state index contributed by atoms with van der Waals surface area (Å²) < 4.78 is 3.39. The van der Waals surface area contributed by atoms with Crippen LogP contribution in [0.2, 0.25) is 0 Å². The molecule has 0 unspecified atom stereocenters. The van der Waals surface area contributed by atoms with Gasteiger partial charge in [0.25, 0.3) is 0 Å². The first-order valence-corrected chi connectivity index (χ1v) is 5.23. The maximum Gasteiger partial charge on any atom is 0.328 e. The Morgan fingerprint density at radius 3 is 2.50 bits per heavy atom. The number of fused-ring (bicyclic) bond motifs is 3. The Morgan fingerprint density at radius 2 is 1.69 bits per heavy atom. The van der Waals surface area contributed by atoms with Crippen LogP contribution < -0.4 is 5.69 Å². The maximum atomic E-state index is 11.9. The molecule has 3 rings (SSSR count). The van der Waals surface area contributed by atoms with Gasteiger partial charge in [0.1, 0.15) is 0 Å². The monoisotopic (exact) mass is 212 g/mol. The summed E-state index contributed by atoms with van der Waals surface area (Å²) in [4.78, 5) is 11.9. The molecule has 3 nitrogen and oxygen atoms in total. The molecule has 0 atom stereocenters. The zero-order chi connectivity index (χ0) is 11.3. The van der Waals surface area contributed by atoms with Crippen molar-refractivity contribution in [3.05, 3.63) is 46.9 Å². The lowest BCUT2D eigenvalue weighted by molar-refractivity contribution is 0.796. The summed E-state index contributed by atoms with van der Waals surface area (Å²) in [5.74, 6) is 0. The Balaban J connectivity index is 2.71. The minimum absolute atomic E-state index is 0.0198. The van der Waals surface area contributed by atoms with Gasteiger partial charge in [-0.15, -0.1) is 0 Å². The third-order valence-corrected chi connectivity index (χ3v) is 3.15. The molecule has 0 aliphatic rings. The van der Waals surface area contributed by atoms with Crippen molar-refractivity contribution in [2.75, 3.05) is 0 Å². The molecule has 0 aliphatic carbocycles. The van der Waals surface area contributed by atoms with Crippen LogP contribution in [0.5, 0.6) is 0 Å². The van der Waals surface area contributed by atoms with Gasteiger partial charge in [0, 0.05) is 19.5 Å². The van der Waals surface area contributed by atoms with E-state index in [1.54, 1.807) is 16.2 Å². The van der Waals surface area contributed by atoms with E-state index < -0.39 is 0 Å². The summed E-state index contributed by atoms with van der Waals surface area (Å²) in [6.45, 7) is 0. The topological polar surface area (TPSA) is 26.9 Å². The number of aromatic nitrogens is 2. The molecule has 0 bridgehead atoms. The number of hydrogen-bond donors (Lipinski definition) is 0. The second-order valence-electron chi connectivity index (χ2n) is 4.06. The molecule has 1 heterocycles. The number of aryl methyl sites for hydroxylation is 2. The molecule has 0 N–H and O–H groups in total. The maximum absolute atomic E-state index is 11.9. The van der Waals surface area contributed by atoms with Crippen molar-refractivity contribution in [1.82, 2.24) is 9.13 Å². The van der Waals surface area contributed by atoms with E-state index in [9.17, 15) is 4.79 Å². The van der Waals surface area contributed by atoms with Gasteiger partial charge in [0.2, 0.25) is 0 Å². The Kier molecular flexibility index (Phi) is 1.72. The highest BCUT2D eigenvalue weighted by molar-refractivity contribution is 6.04. The van der Waals surface area contributed by atoms with Gasteiger partial charge in [0.15, 0.2) is 0 Å². The third kappa shape index (κ3) is 0.999. The molecule has 0 radical (unpaired) electrons. The molecular weight excluding hydrogens is 200 g/mol. The fraction of sp³-hybridized carbons (Fsp3) is 0.154. The molecule has 0 amide bonds. The van der Waals surface area contributed by atoms with Crippen LogP contribution >= 0.6 is 0 Å². The van der Waals surface area contributed by atoms with Crippen molar-refractivity contribution in [3.63, 3.8) is 0 Å². The highest BCUT2D eigenvalue weighted by Gasteiger charge is 2.09. The quantitative estimate of drug-likeness (QED) is 0.560. The van der Waals surface area contributed by atoms with Gasteiger partial charge < -0.3 is 0 Å². The molecule has 0 saturated heterocycles. The van der Waals surface area contributed by atoms with Gasteiger partial charge >= 0.3 is 5.69 Å². The number of imidazole rings is 1. The molecule has 0 saturated carbocycles. The van der Waals surface area contributed by atoms with Crippen LogP contribution in [-0.2, 0) is 14.1 Å². The number of hydrogen-bond acceptors (Lipinski definition) is 1. The first kappa shape index (κ1) is 9.21. The minimum atomic E-state index is 0.0198. The molecule has 0 spiro atoms. The largest absolute Gasteiger partial charge is 0.328 e. The van der Waals surface area contributed by atoms with E-state index in [4.69, 9.17) is 0 Å². The van der Waals surface area contributed by atoms with E-state index in [1.807, 2.05) is 25.2 Å². The summed E-state index contributed by atoms with van der Waals surface area (Å²) in [5.41, 5.74) is 2.00. The molecule has 80 valence electrons. The number of benzene rings is 2. The Labute approximate surface area is 92.5 Å². The van der Waals surface area contributed by atoms with Gasteiger partial charge in [0.05, 0.1) is 11.0 Å². The summed E-state index contributed by atoms with van der Waals surface area (Å²) in [7, 11) is 3.62. The van der Waals surface area contributed by atoms with E-state index >= 15 is 0 Å². The van der Waals surface area contributed by atoms with Crippen LogP contribution in [0.15, 0.2) is 41.2 Å². The fourth-order valence-corrected chi connectivity index (χ4v) is 2.29. The summed E-state index contributed by atoms with van der Waals surface area (Å²) in [5, 5.41) is 2.29. The van der Waals surface area contributed by atoms with Gasteiger partial charge in [-0.1, -0.05) is 30.3 Å². The van der Waals surface area contributed by atoms with Crippen LogP contribution in [0.4, 0.5) is 0 Å². The van der Waals surface area contributed by atoms with Crippen molar-refractivity contribution in [2.24, 2.45) is 14.1 Å². The molecule has 3 heteroatoms. The molecule has 0 fully saturated rings. The zero-order valence-corrected chi connectivity index (χ0v) is 9.27. The van der Waals surface area contributed by atoms with Crippen LogP contribution in [0, 0.1) is 0 Å². The molecule has 1 aromatic heterocycles. The highest BCUT2D eigenvalue weighted by Crippen LogP contribution is 2.23. The van der Waals surface area contributed by atoms with Crippen molar-refractivity contribution in [1.29, 1.82) is 0 Å². The Morgan fingerprint density at radius 1 is 0.938 bits per heavy atom. The fourth-order valence-electron chi connectivity index (χ4n) is 2.29. The smallest absolute Gasteiger partial charge is 0.295 e. The van der Waals surface area contributed by atoms with Crippen LogP contribution in [0.3, 0.4) is 0 Å². The SMILES string of the molecule is Cn1c(=O)n(C)c2c3ccccc3ccc21. The summed E-state index contributed by atoms with van der Waals surface area (Å²) in [6.07, 6.45) is 0. The number of rotatable bonds is 0. The Bertz CT molecular complexity index is 750. The van der Waals surface area contributed by atoms with E-state index in [1.165, 1.54) is 0 Å². The lowest BCUT2D eigenvalue weighted by Gasteiger charge is -2.01. The van der Waals surface area contributed by atoms with Gasteiger partial charge in [-0.3, -0.25) is 9.13 Å². The average molecular weight is 212 g/mol. The predicted octanol–water partition coefficient (Wildman–Crippen LogP) is 2.03. The van der Waals surface area contributed by atoms with Crippen LogP contribution in [0.1, 0.15) is 0 Å². The standard InChI is InChI=1S/C13H12N2O/c1-14-11-8-7-9-5-3-4-6-10(9)12(11)15(2)13(14)16/h3-8H,1-2H3.